The zero-order valence-corrected chi connectivity index (χ0v) is 15.6. The van der Waals surface area contributed by atoms with Gasteiger partial charge in [0, 0.05) is 10.6 Å². The molecule has 0 spiro atoms. The number of thiocarbonyl (C=S) groups is 1. The molecule has 0 heterocycles. The molecule has 0 fully saturated rings. The highest BCUT2D eigenvalue weighted by atomic mass is 35.5. The highest BCUT2D eigenvalue weighted by Gasteiger charge is 2.10. The molecule has 6 nitrogen and oxygen atoms in total. The maximum atomic E-state index is 12.2. The zero-order valence-electron chi connectivity index (χ0n) is 14.0. The van der Waals surface area contributed by atoms with Crippen LogP contribution in [-0.4, -0.2) is 23.5 Å². The first-order valence-corrected chi connectivity index (χ1v) is 8.64. The monoisotopic (exact) mass is 391 g/mol. The van der Waals surface area contributed by atoms with E-state index in [-0.39, 0.29) is 17.4 Å². The number of hydrazine groups is 1. The Morgan fingerprint density at radius 2 is 1.85 bits per heavy atom. The summed E-state index contributed by atoms with van der Waals surface area (Å²) in [4.78, 5) is 24.0. The van der Waals surface area contributed by atoms with E-state index in [1.54, 1.807) is 48.5 Å². The second kappa shape index (κ2) is 9.74. The maximum absolute atomic E-state index is 12.2. The lowest BCUT2D eigenvalue weighted by Gasteiger charge is -2.11. The topological polar surface area (TPSA) is 79.5 Å². The molecule has 2 rings (SSSR count). The van der Waals surface area contributed by atoms with Gasteiger partial charge in [0.2, 0.25) is 5.91 Å². The van der Waals surface area contributed by atoms with E-state index in [9.17, 15) is 9.59 Å². The third kappa shape index (κ3) is 6.34. The summed E-state index contributed by atoms with van der Waals surface area (Å²) in [7, 11) is 0. The summed E-state index contributed by atoms with van der Waals surface area (Å²) in [6, 6.07) is 13.6. The summed E-state index contributed by atoms with van der Waals surface area (Å²) in [5.41, 5.74) is 6.13. The minimum atomic E-state index is -0.406. The molecule has 0 atom stereocenters. The second-order valence-electron chi connectivity index (χ2n) is 5.22. The first-order chi connectivity index (χ1) is 12.5. The predicted molar refractivity (Wildman–Crippen MR) is 104 cm³/mol. The van der Waals surface area contributed by atoms with Gasteiger partial charge in [-0.1, -0.05) is 29.8 Å². The Kier molecular flexibility index (Phi) is 7.37. The molecule has 0 unspecified atom stereocenters. The fraction of sp³-hybridized carbons (Fsp3) is 0.167. The van der Waals surface area contributed by atoms with Crippen LogP contribution in [0.15, 0.2) is 48.5 Å². The van der Waals surface area contributed by atoms with Crippen LogP contribution in [0.5, 0.6) is 5.75 Å². The summed E-state index contributed by atoms with van der Waals surface area (Å²) in [6.07, 6.45) is 0.150. The Morgan fingerprint density at radius 3 is 2.54 bits per heavy atom. The molecule has 0 radical (unpaired) electrons. The number of amides is 2. The van der Waals surface area contributed by atoms with Gasteiger partial charge in [0.15, 0.2) is 5.11 Å². The first kappa shape index (κ1) is 19.7. The van der Waals surface area contributed by atoms with Crippen molar-refractivity contribution < 1.29 is 14.3 Å². The Bertz CT molecular complexity index is 797. The van der Waals surface area contributed by atoms with Crippen molar-refractivity contribution in [3.8, 4) is 5.75 Å². The number of hydrogen-bond acceptors (Lipinski definition) is 4. The molecule has 26 heavy (non-hydrogen) atoms. The predicted octanol–water partition coefficient (Wildman–Crippen LogP) is 2.62. The smallest absolute Gasteiger partial charge is 0.257 e. The number of rotatable bonds is 5. The average Bonchev–Trinajstić information content (AvgIpc) is 2.62. The van der Waals surface area contributed by atoms with Crippen molar-refractivity contribution in [1.29, 1.82) is 0 Å². The van der Waals surface area contributed by atoms with Crippen molar-refractivity contribution in [3.05, 3.63) is 64.7 Å². The van der Waals surface area contributed by atoms with E-state index in [0.29, 0.717) is 22.9 Å². The van der Waals surface area contributed by atoms with Crippen LogP contribution < -0.4 is 20.9 Å². The minimum Gasteiger partial charge on any atom is -0.494 e. The van der Waals surface area contributed by atoms with Gasteiger partial charge in [0.1, 0.15) is 5.75 Å². The molecule has 8 heteroatoms. The number of carbonyl (C=O) groups excluding carboxylic acids is 2. The Morgan fingerprint density at radius 1 is 1.12 bits per heavy atom. The van der Waals surface area contributed by atoms with Gasteiger partial charge in [-0.25, -0.2) is 0 Å². The molecule has 0 saturated heterocycles. The van der Waals surface area contributed by atoms with Crippen molar-refractivity contribution in [2.24, 2.45) is 0 Å². The lowest BCUT2D eigenvalue weighted by atomic mass is 10.1. The van der Waals surface area contributed by atoms with Gasteiger partial charge in [-0.15, -0.1) is 0 Å². The summed E-state index contributed by atoms with van der Waals surface area (Å²) < 4.78 is 5.35. The summed E-state index contributed by atoms with van der Waals surface area (Å²) in [5, 5.41) is 3.07. The standard InChI is InChI=1S/C18H18ClN3O3S/c1-2-25-15-5-3-4-13(11-15)17(24)20-18(26)22-21-16(23)10-12-6-8-14(19)9-7-12/h3-9,11H,2,10H2,1H3,(H,21,23)(H2,20,22,24,26). The number of ether oxygens (including phenoxy) is 1. The SMILES string of the molecule is CCOc1cccc(C(=O)NC(=S)NNC(=O)Cc2ccc(Cl)cc2)c1. The van der Waals surface area contributed by atoms with Crippen LogP contribution in [0.3, 0.4) is 0 Å². The normalized spacial score (nSPS) is 9.92. The molecular formula is C18H18ClN3O3S. The van der Waals surface area contributed by atoms with Gasteiger partial charge in [0.05, 0.1) is 13.0 Å². The Balaban J connectivity index is 1.80. The third-order valence-corrected chi connectivity index (χ3v) is 3.68. The van der Waals surface area contributed by atoms with Crippen LogP contribution >= 0.6 is 23.8 Å². The van der Waals surface area contributed by atoms with Gasteiger partial charge < -0.3 is 4.74 Å². The molecule has 0 aliphatic heterocycles. The molecule has 2 aromatic carbocycles. The summed E-state index contributed by atoms with van der Waals surface area (Å²) in [5.74, 6) is -0.117. The van der Waals surface area contributed by atoms with Crippen molar-refractivity contribution in [3.63, 3.8) is 0 Å². The zero-order chi connectivity index (χ0) is 18.9. The molecule has 0 saturated carbocycles. The van der Waals surface area contributed by atoms with E-state index >= 15 is 0 Å². The van der Waals surface area contributed by atoms with Gasteiger partial charge >= 0.3 is 0 Å². The maximum Gasteiger partial charge on any atom is 0.257 e. The number of carbonyl (C=O) groups is 2. The molecular weight excluding hydrogens is 374 g/mol. The quantitative estimate of drug-likeness (QED) is 0.539. The first-order valence-electron chi connectivity index (χ1n) is 7.85. The van der Waals surface area contributed by atoms with E-state index < -0.39 is 5.91 Å². The molecule has 136 valence electrons. The van der Waals surface area contributed by atoms with E-state index in [1.807, 2.05) is 6.92 Å². The van der Waals surface area contributed by atoms with Crippen LogP contribution in [0.4, 0.5) is 0 Å². The van der Waals surface area contributed by atoms with E-state index in [4.69, 9.17) is 28.6 Å². The van der Waals surface area contributed by atoms with E-state index in [1.165, 1.54) is 0 Å². The lowest BCUT2D eigenvalue weighted by molar-refractivity contribution is -0.121. The molecule has 0 aliphatic rings. The van der Waals surface area contributed by atoms with Crippen molar-refractivity contribution in [2.45, 2.75) is 13.3 Å². The van der Waals surface area contributed by atoms with Gasteiger partial charge in [-0.05, 0) is 55.0 Å². The van der Waals surface area contributed by atoms with Crippen molar-refractivity contribution in [2.75, 3.05) is 6.61 Å². The largest absolute Gasteiger partial charge is 0.494 e. The van der Waals surface area contributed by atoms with Crippen molar-refractivity contribution >= 4 is 40.7 Å². The molecule has 0 aromatic heterocycles. The number of halogens is 1. The molecule has 0 aliphatic carbocycles. The molecule has 2 amide bonds. The molecule has 0 bridgehead atoms. The van der Waals surface area contributed by atoms with Crippen LogP contribution in [0.2, 0.25) is 5.02 Å². The average molecular weight is 392 g/mol. The minimum absolute atomic E-state index is 0.0127. The van der Waals surface area contributed by atoms with Crippen LogP contribution in [-0.2, 0) is 11.2 Å². The van der Waals surface area contributed by atoms with Crippen molar-refractivity contribution in [1.82, 2.24) is 16.2 Å². The van der Waals surface area contributed by atoms with E-state index in [2.05, 4.69) is 16.2 Å². The fourth-order valence-electron chi connectivity index (χ4n) is 2.06. The fourth-order valence-corrected chi connectivity index (χ4v) is 2.33. The summed E-state index contributed by atoms with van der Waals surface area (Å²) in [6.45, 7) is 2.36. The summed E-state index contributed by atoms with van der Waals surface area (Å²) >= 11 is 10.8. The Labute approximate surface area is 161 Å². The number of nitrogens with one attached hydrogen (secondary N) is 3. The molecule has 2 aromatic rings. The Hall–Kier alpha value is -2.64. The van der Waals surface area contributed by atoms with Gasteiger partial charge in [-0.3, -0.25) is 25.8 Å². The van der Waals surface area contributed by atoms with Crippen LogP contribution in [0, 0.1) is 0 Å². The van der Waals surface area contributed by atoms with Crippen LogP contribution in [0.1, 0.15) is 22.8 Å². The van der Waals surface area contributed by atoms with Gasteiger partial charge in [0.25, 0.3) is 5.91 Å². The highest BCUT2D eigenvalue weighted by molar-refractivity contribution is 7.80. The third-order valence-electron chi connectivity index (χ3n) is 3.23. The molecule has 3 N–H and O–H groups in total. The van der Waals surface area contributed by atoms with Crippen LogP contribution in [0.25, 0.3) is 0 Å². The van der Waals surface area contributed by atoms with E-state index in [0.717, 1.165) is 5.56 Å². The highest BCUT2D eigenvalue weighted by Crippen LogP contribution is 2.13. The lowest BCUT2D eigenvalue weighted by Crippen LogP contribution is -2.48. The number of benzene rings is 2. The second-order valence-corrected chi connectivity index (χ2v) is 6.07. The number of hydrogen-bond donors (Lipinski definition) is 3. The van der Waals surface area contributed by atoms with Gasteiger partial charge in [-0.2, -0.15) is 0 Å².